The van der Waals surface area contributed by atoms with Crippen molar-refractivity contribution >= 4 is 38.4 Å². The van der Waals surface area contributed by atoms with Gasteiger partial charge in [0.05, 0.1) is 0 Å². The Morgan fingerprint density at radius 3 is 1.24 bits per heavy atom. The van der Waals surface area contributed by atoms with Crippen LogP contribution in [-0.2, 0) is 20.8 Å². The molecule has 184 valence electrons. The van der Waals surface area contributed by atoms with Gasteiger partial charge in [0.15, 0.2) is 0 Å². The Labute approximate surface area is 213 Å². The minimum atomic E-state index is -3.34. The molecule has 3 nitrogen and oxygen atoms in total. The van der Waals surface area contributed by atoms with Gasteiger partial charge in [0.2, 0.25) is 0 Å². The van der Waals surface area contributed by atoms with Crippen LogP contribution < -0.4 is 0 Å². The average Bonchev–Trinajstić information content (AvgIpc) is 2.85. The number of hydrogen-bond donors (Lipinski definition) is 0. The first-order valence-electron chi connectivity index (χ1n) is 13.2. The summed E-state index contributed by atoms with van der Waals surface area (Å²) in [5.41, 5.74) is 2.51. The van der Waals surface area contributed by atoms with E-state index in [0.717, 1.165) is 30.6 Å². The fourth-order valence-corrected chi connectivity index (χ4v) is 45.8. The standard InChI is InChI=1S/2C7H7O.2C4H9.2C3H7.O.2Sn/c2*8-6-7-4-2-1-3-5-7;2*1-3-4-2;2*1-3-2;;;/h2*1-5H,6H2;2*1,3-4H2,2H3;2*1,3H2,2H3;;;/q2*-1;;;;;;2*+1. The predicted molar refractivity (Wildman–Crippen MR) is 145 cm³/mol. The zero-order valence-electron chi connectivity index (χ0n) is 21.5. The number of benzene rings is 2. The molecule has 0 aliphatic heterocycles. The summed E-state index contributed by atoms with van der Waals surface area (Å²) in [6.45, 7) is 10.5. The summed E-state index contributed by atoms with van der Waals surface area (Å²) >= 11 is -6.67. The van der Waals surface area contributed by atoms with E-state index in [-0.39, 0.29) is 0 Å². The summed E-state index contributed by atoms with van der Waals surface area (Å²) < 4.78 is 26.0. The van der Waals surface area contributed by atoms with E-state index in [1.165, 1.54) is 36.8 Å². The second kappa shape index (κ2) is 16.6. The molecule has 2 aromatic carbocycles. The summed E-state index contributed by atoms with van der Waals surface area (Å²) in [6.07, 6.45) is 7.05. The Bertz CT molecular complexity index is 680. The number of rotatable bonds is 18. The Balaban J connectivity index is 2.32. The fraction of sp³-hybridized carbons (Fsp3) is 0.571. The van der Waals surface area contributed by atoms with E-state index in [9.17, 15) is 0 Å². The second-order valence-electron chi connectivity index (χ2n) is 9.18. The molecular weight excluding hydrogens is 622 g/mol. The van der Waals surface area contributed by atoms with E-state index < -0.39 is 38.4 Å². The second-order valence-corrected chi connectivity index (χ2v) is 31.4. The van der Waals surface area contributed by atoms with Gasteiger partial charge >= 0.3 is 215 Å². The van der Waals surface area contributed by atoms with Gasteiger partial charge in [-0.05, 0) is 0 Å². The molecule has 0 radical (unpaired) electrons. The Morgan fingerprint density at radius 2 is 0.909 bits per heavy atom. The fourth-order valence-electron chi connectivity index (χ4n) is 4.37. The molecule has 0 saturated heterocycles. The van der Waals surface area contributed by atoms with Gasteiger partial charge < -0.3 is 0 Å². The van der Waals surface area contributed by atoms with Crippen molar-refractivity contribution in [2.75, 3.05) is 0 Å². The Hall–Kier alpha value is -0.0826. The molecule has 0 aliphatic rings. The molecule has 0 fully saturated rings. The molecule has 0 bridgehead atoms. The van der Waals surface area contributed by atoms with E-state index in [1.54, 1.807) is 0 Å². The SMILES string of the molecule is CCC[CH2][Sn]([CH2]CC)([O]Cc1ccccc1)[O][Sn]([CH2]CC)([CH2]CCC)[O]Cc1ccccc1. The van der Waals surface area contributed by atoms with Crippen molar-refractivity contribution in [3.05, 3.63) is 71.8 Å². The third kappa shape index (κ3) is 10.6. The van der Waals surface area contributed by atoms with Crippen LogP contribution >= 0.6 is 0 Å². The molecule has 0 spiro atoms. The summed E-state index contributed by atoms with van der Waals surface area (Å²) in [5.74, 6) is 0. The van der Waals surface area contributed by atoms with Gasteiger partial charge in [0.25, 0.3) is 0 Å². The summed E-state index contributed by atoms with van der Waals surface area (Å²) in [5, 5.41) is 0. The van der Waals surface area contributed by atoms with Crippen molar-refractivity contribution in [3.63, 3.8) is 0 Å². The van der Waals surface area contributed by atoms with Crippen LogP contribution in [0.25, 0.3) is 0 Å². The molecule has 0 heterocycles. The van der Waals surface area contributed by atoms with Gasteiger partial charge in [-0.1, -0.05) is 0 Å². The maximum atomic E-state index is 7.53. The van der Waals surface area contributed by atoms with E-state index in [2.05, 4.69) is 88.4 Å². The van der Waals surface area contributed by atoms with Crippen LogP contribution in [0, 0.1) is 0 Å². The van der Waals surface area contributed by atoms with Crippen LogP contribution in [-0.4, -0.2) is 38.4 Å². The molecule has 2 atom stereocenters. The molecule has 33 heavy (non-hydrogen) atoms. The molecular formula is C28H46O3Sn2. The van der Waals surface area contributed by atoms with Gasteiger partial charge in [-0.3, -0.25) is 0 Å². The van der Waals surface area contributed by atoms with Crippen molar-refractivity contribution in [1.82, 2.24) is 0 Å². The minimum absolute atomic E-state index is 0.682. The van der Waals surface area contributed by atoms with Crippen LogP contribution in [0.4, 0.5) is 0 Å². The normalized spacial score (nSPS) is 15.2. The zero-order valence-corrected chi connectivity index (χ0v) is 27.2. The topological polar surface area (TPSA) is 27.7 Å². The van der Waals surface area contributed by atoms with Crippen molar-refractivity contribution in [2.45, 2.75) is 97.2 Å². The molecule has 0 N–H and O–H groups in total. The van der Waals surface area contributed by atoms with Gasteiger partial charge in [0.1, 0.15) is 0 Å². The first kappa shape index (κ1) is 29.1. The maximum absolute atomic E-state index is 7.53. The van der Waals surface area contributed by atoms with Gasteiger partial charge in [0, 0.05) is 0 Å². The molecule has 0 aliphatic carbocycles. The average molecular weight is 668 g/mol. The quantitative estimate of drug-likeness (QED) is 0.149. The molecule has 2 unspecified atom stereocenters. The first-order chi connectivity index (χ1) is 16.1. The van der Waals surface area contributed by atoms with Crippen molar-refractivity contribution in [2.24, 2.45) is 0 Å². The van der Waals surface area contributed by atoms with E-state index in [0.29, 0.717) is 13.2 Å². The third-order valence-corrected chi connectivity index (χ3v) is 39.9. The monoisotopic (exact) mass is 670 g/mol. The molecule has 2 rings (SSSR count). The number of unbranched alkanes of at least 4 members (excludes halogenated alkanes) is 2. The first-order valence-corrected chi connectivity index (χ1v) is 25.9. The van der Waals surface area contributed by atoms with Gasteiger partial charge in [-0.2, -0.15) is 0 Å². The Morgan fingerprint density at radius 1 is 0.515 bits per heavy atom. The van der Waals surface area contributed by atoms with Crippen LogP contribution in [0.5, 0.6) is 0 Å². The zero-order chi connectivity index (χ0) is 23.8. The van der Waals surface area contributed by atoms with Crippen molar-refractivity contribution < 1.29 is 7.56 Å². The molecule has 0 saturated carbocycles. The van der Waals surface area contributed by atoms with Crippen LogP contribution in [0.1, 0.15) is 77.3 Å². The number of hydrogen-bond acceptors (Lipinski definition) is 3. The molecule has 5 heteroatoms. The van der Waals surface area contributed by atoms with E-state index >= 15 is 0 Å². The van der Waals surface area contributed by atoms with Crippen LogP contribution in [0.2, 0.25) is 17.7 Å². The van der Waals surface area contributed by atoms with E-state index in [1.807, 2.05) is 0 Å². The summed E-state index contributed by atoms with van der Waals surface area (Å²) in [6, 6.07) is 21.3. The van der Waals surface area contributed by atoms with Gasteiger partial charge in [-0.25, -0.2) is 0 Å². The summed E-state index contributed by atoms with van der Waals surface area (Å²) in [7, 11) is 0. The van der Waals surface area contributed by atoms with Crippen LogP contribution in [0.15, 0.2) is 60.7 Å². The van der Waals surface area contributed by atoms with Gasteiger partial charge in [-0.15, -0.1) is 0 Å². The third-order valence-electron chi connectivity index (χ3n) is 6.15. The van der Waals surface area contributed by atoms with E-state index in [4.69, 9.17) is 7.56 Å². The molecule has 0 amide bonds. The van der Waals surface area contributed by atoms with Crippen molar-refractivity contribution in [1.29, 1.82) is 0 Å². The molecule has 2 aromatic rings. The Kier molecular flexibility index (Phi) is 14.6. The predicted octanol–water partition coefficient (Wildman–Crippen LogP) is 8.74. The van der Waals surface area contributed by atoms with Crippen LogP contribution in [0.3, 0.4) is 0 Å². The van der Waals surface area contributed by atoms with Crippen molar-refractivity contribution in [3.8, 4) is 0 Å². The summed E-state index contributed by atoms with van der Waals surface area (Å²) in [4.78, 5) is 0. The molecule has 0 aromatic heterocycles.